The molecule has 0 aliphatic carbocycles. The molecule has 0 saturated heterocycles. The number of oxime groups is 1. The van der Waals surface area contributed by atoms with Crippen LogP contribution in [0.5, 0.6) is 0 Å². The van der Waals surface area contributed by atoms with E-state index in [4.69, 9.17) is 5.73 Å². The van der Waals surface area contributed by atoms with E-state index in [2.05, 4.69) is 9.99 Å². The first-order valence-corrected chi connectivity index (χ1v) is 7.02. The van der Waals surface area contributed by atoms with E-state index in [0.29, 0.717) is 11.3 Å². The van der Waals surface area contributed by atoms with Crippen molar-refractivity contribution in [2.24, 2.45) is 10.9 Å². The highest BCUT2D eigenvalue weighted by atomic mass is 32.1. The molecule has 1 aromatic heterocycles. The van der Waals surface area contributed by atoms with Crippen LogP contribution in [0.2, 0.25) is 0 Å². The maximum atomic E-state index is 12.6. The lowest BCUT2D eigenvalue weighted by Crippen LogP contribution is -2.16. The maximum absolute atomic E-state index is 12.6. The number of halogens is 3. The quantitative estimate of drug-likeness (QED) is 0.297. The minimum Gasteiger partial charge on any atom is -0.380 e. The van der Waals surface area contributed by atoms with Gasteiger partial charge in [-0.25, -0.2) is 4.79 Å². The fourth-order valence-electron chi connectivity index (χ4n) is 1.58. The normalized spacial score (nSPS) is 12.0. The van der Waals surface area contributed by atoms with Crippen molar-refractivity contribution < 1.29 is 27.7 Å². The van der Waals surface area contributed by atoms with Gasteiger partial charge in [-0.2, -0.15) is 13.2 Å². The first kappa shape index (κ1) is 17.4. The van der Waals surface area contributed by atoms with Crippen LogP contribution >= 0.6 is 11.3 Å². The number of carbonyl (C=O) groups excluding carboxylic acids is 1. The van der Waals surface area contributed by atoms with Crippen molar-refractivity contribution in [2.45, 2.75) is 6.18 Å². The summed E-state index contributed by atoms with van der Waals surface area (Å²) in [6.07, 6.45) is -4.55. The Morgan fingerprint density at radius 2 is 2.00 bits per heavy atom. The zero-order valence-corrected chi connectivity index (χ0v) is 12.4. The van der Waals surface area contributed by atoms with Crippen LogP contribution < -0.4 is 5.73 Å². The van der Waals surface area contributed by atoms with Crippen molar-refractivity contribution >= 4 is 28.1 Å². The van der Waals surface area contributed by atoms with E-state index >= 15 is 0 Å². The van der Waals surface area contributed by atoms with Gasteiger partial charge in [0.25, 0.3) is 0 Å². The molecule has 0 spiro atoms. The second-order valence-electron chi connectivity index (χ2n) is 4.36. The molecule has 2 aromatic rings. The molecule has 1 aromatic carbocycles. The Hall–Kier alpha value is -2.95. The fraction of sp³-hybridized carbons (Fsp3) is 0.0769. The van der Waals surface area contributed by atoms with Gasteiger partial charge in [-0.05, 0) is 12.1 Å². The van der Waals surface area contributed by atoms with Crippen LogP contribution in [0.25, 0.3) is 0 Å². The van der Waals surface area contributed by atoms with E-state index in [-0.39, 0.29) is 16.1 Å². The number of thiophene rings is 1. The average Bonchev–Trinajstić information content (AvgIpc) is 3.02. The van der Waals surface area contributed by atoms with Gasteiger partial charge in [-0.3, -0.25) is 10.1 Å². The first-order valence-electron chi connectivity index (χ1n) is 6.14. The van der Waals surface area contributed by atoms with Crippen LogP contribution in [-0.4, -0.2) is 16.7 Å². The molecule has 2 rings (SSSR count). The minimum atomic E-state index is -4.55. The Morgan fingerprint density at radius 3 is 2.58 bits per heavy atom. The molecule has 1 heterocycles. The number of hydrogen-bond acceptors (Lipinski definition) is 6. The summed E-state index contributed by atoms with van der Waals surface area (Å²) in [6, 6.07) is 4.99. The Bertz CT molecular complexity index is 817. The van der Waals surface area contributed by atoms with Gasteiger partial charge in [0.1, 0.15) is 0 Å². The number of hydrogen-bond donors (Lipinski definition) is 1. The lowest BCUT2D eigenvalue weighted by Gasteiger charge is -2.08. The monoisotopic (exact) mass is 359 g/mol. The second kappa shape index (κ2) is 6.66. The van der Waals surface area contributed by atoms with Crippen LogP contribution in [0.1, 0.15) is 21.5 Å². The van der Waals surface area contributed by atoms with E-state index in [1.165, 1.54) is 11.4 Å². The Balaban J connectivity index is 2.13. The zero-order valence-electron chi connectivity index (χ0n) is 11.6. The molecule has 0 radical (unpaired) electrons. The second-order valence-corrected chi connectivity index (χ2v) is 5.25. The van der Waals surface area contributed by atoms with Crippen LogP contribution in [0.4, 0.5) is 18.2 Å². The van der Waals surface area contributed by atoms with Gasteiger partial charge in [0.15, 0.2) is 5.84 Å². The molecule has 126 valence electrons. The molecule has 0 fully saturated rings. The van der Waals surface area contributed by atoms with Crippen molar-refractivity contribution in [1.82, 2.24) is 0 Å². The summed E-state index contributed by atoms with van der Waals surface area (Å²) in [4.78, 5) is 26.0. The SMILES string of the molecule is N/C(=N\OC(=O)c1csc([N+](=O)[O-])c1)c1cccc(C(F)(F)F)c1. The molecule has 0 unspecified atom stereocenters. The van der Waals surface area contributed by atoms with Crippen LogP contribution in [-0.2, 0) is 11.0 Å². The topological polar surface area (TPSA) is 108 Å². The van der Waals surface area contributed by atoms with Crippen molar-refractivity contribution in [2.75, 3.05) is 0 Å². The third-order valence-electron chi connectivity index (χ3n) is 2.71. The van der Waals surface area contributed by atoms with E-state index in [1.807, 2.05) is 0 Å². The van der Waals surface area contributed by atoms with E-state index in [0.717, 1.165) is 24.3 Å². The highest BCUT2D eigenvalue weighted by Crippen LogP contribution is 2.29. The highest BCUT2D eigenvalue weighted by molar-refractivity contribution is 7.13. The smallest absolute Gasteiger partial charge is 0.380 e. The van der Waals surface area contributed by atoms with Gasteiger partial charge in [0.2, 0.25) is 0 Å². The Kier molecular flexibility index (Phi) is 4.83. The molecule has 0 atom stereocenters. The van der Waals surface area contributed by atoms with Crippen molar-refractivity contribution in [3.63, 3.8) is 0 Å². The van der Waals surface area contributed by atoms with Crippen LogP contribution in [0.3, 0.4) is 0 Å². The number of benzene rings is 1. The predicted octanol–water partition coefficient (Wildman–Crippen LogP) is 3.15. The number of nitro groups is 1. The molecular weight excluding hydrogens is 351 g/mol. The van der Waals surface area contributed by atoms with E-state index in [9.17, 15) is 28.1 Å². The van der Waals surface area contributed by atoms with Crippen LogP contribution in [0.15, 0.2) is 40.9 Å². The Morgan fingerprint density at radius 1 is 1.29 bits per heavy atom. The van der Waals surface area contributed by atoms with Gasteiger partial charge in [-0.1, -0.05) is 28.6 Å². The number of nitrogens with two attached hydrogens (primary N) is 1. The highest BCUT2D eigenvalue weighted by Gasteiger charge is 2.30. The number of alkyl halides is 3. The molecule has 0 amide bonds. The molecular formula is C13H8F3N3O4S. The third kappa shape index (κ3) is 4.07. The van der Waals surface area contributed by atoms with Crippen molar-refractivity contribution in [3.05, 3.63) is 62.5 Å². The summed E-state index contributed by atoms with van der Waals surface area (Å²) in [5.41, 5.74) is 4.35. The lowest BCUT2D eigenvalue weighted by atomic mass is 10.1. The Labute approximate surface area is 136 Å². The van der Waals surface area contributed by atoms with Gasteiger partial charge in [0.05, 0.1) is 16.1 Å². The van der Waals surface area contributed by atoms with Gasteiger partial charge < -0.3 is 10.6 Å². The summed E-state index contributed by atoms with van der Waals surface area (Å²) in [5, 5.41) is 14.7. The summed E-state index contributed by atoms with van der Waals surface area (Å²) in [5.74, 6) is -1.46. The largest absolute Gasteiger partial charge is 0.416 e. The molecule has 0 aliphatic heterocycles. The van der Waals surface area contributed by atoms with Gasteiger partial charge >= 0.3 is 17.1 Å². The number of nitrogens with zero attached hydrogens (tertiary/aromatic N) is 2. The average molecular weight is 359 g/mol. The van der Waals surface area contributed by atoms with Gasteiger partial charge in [0, 0.05) is 17.0 Å². The van der Waals surface area contributed by atoms with E-state index in [1.54, 1.807) is 0 Å². The zero-order chi connectivity index (χ0) is 17.9. The molecule has 24 heavy (non-hydrogen) atoms. The fourth-order valence-corrected chi connectivity index (χ4v) is 2.27. The molecule has 7 nitrogen and oxygen atoms in total. The van der Waals surface area contributed by atoms with E-state index < -0.39 is 28.5 Å². The maximum Gasteiger partial charge on any atom is 0.416 e. The summed E-state index contributed by atoms with van der Waals surface area (Å²) in [7, 11) is 0. The first-order chi connectivity index (χ1) is 11.2. The number of rotatable bonds is 4. The minimum absolute atomic E-state index is 0.0890. The van der Waals surface area contributed by atoms with Crippen LogP contribution in [0, 0.1) is 10.1 Å². The van der Waals surface area contributed by atoms with Crippen molar-refractivity contribution in [3.8, 4) is 0 Å². The van der Waals surface area contributed by atoms with Gasteiger partial charge in [-0.15, -0.1) is 0 Å². The lowest BCUT2D eigenvalue weighted by molar-refractivity contribution is -0.380. The standard InChI is InChI=1S/C13H8F3N3O4S/c14-13(15,16)9-3-1-2-7(4-9)11(17)18-23-12(20)8-5-10(19(21)22)24-6-8/h1-6H,(H2,17,18). The third-order valence-corrected chi connectivity index (χ3v) is 3.59. The summed E-state index contributed by atoms with van der Waals surface area (Å²) >= 11 is 0.717. The summed E-state index contributed by atoms with van der Waals surface area (Å²) in [6.45, 7) is 0. The summed E-state index contributed by atoms with van der Waals surface area (Å²) < 4.78 is 37.8. The predicted molar refractivity (Wildman–Crippen MR) is 78.6 cm³/mol. The molecule has 0 bridgehead atoms. The number of carbonyl (C=O) groups is 1. The number of amidine groups is 1. The molecule has 0 saturated carbocycles. The molecule has 11 heteroatoms. The molecule has 2 N–H and O–H groups in total. The van der Waals surface area contributed by atoms with Crippen molar-refractivity contribution in [1.29, 1.82) is 0 Å². The molecule has 0 aliphatic rings.